The smallest absolute Gasteiger partial charge is 0.242 e. The molecule has 2 fully saturated rings. The van der Waals surface area contributed by atoms with Crippen molar-refractivity contribution in [3.05, 3.63) is 35.5 Å². The molecule has 0 N–H and O–H groups in total. The minimum absolute atomic E-state index is 0.300. The molecule has 3 aliphatic heterocycles. The van der Waals surface area contributed by atoms with Crippen molar-refractivity contribution >= 4 is 16.8 Å². The van der Waals surface area contributed by atoms with E-state index in [0.29, 0.717) is 24.5 Å². The molecule has 0 spiro atoms. The Balaban J connectivity index is 1.57. The number of fused-ring (bicyclic) bond motifs is 6. The molecule has 0 radical (unpaired) electrons. The van der Waals surface area contributed by atoms with Crippen molar-refractivity contribution in [2.24, 2.45) is 0 Å². The molecule has 2 bridgehead atoms. The van der Waals surface area contributed by atoms with Crippen LogP contribution in [0.5, 0.6) is 0 Å². The van der Waals surface area contributed by atoms with Gasteiger partial charge in [-0.1, -0.05) is 18.2 Å². The number of likely N-dealkylation sites (tertiary alicyclic amines) is 1. The molecular weight excluding hydrogens is 310 g/mol. The van der Waals surface area contributed by atoms with Crippen molar-refractivity contribution in [2.45, 2.75) is 57.2 Å². The van der Waals surface area contributed by atoms with Gasteiger partial charge in [0.05, 0.1) is 0 Å². The lowest BCUT2D eigenvalue weighted by molar-refractivity contribution is -0.132. The highest BCUT2D eigenvalue weighted by Gasteiger charge is 2.40. The maximum absolute atomic E-state index is 12.9. The number of benzene rings is 1. The Morgan fingerprint density at radius 3 is 2.76 bits per heavy atom. The highest BCUT2D eigenvalue weighted by atomic mass is 16.2. The van der Waals surface area contributed by atoms with Gasteiger partial charge >= 0.3 is 0 Å². The Bertz CT molecular complexity index is 818. The van der Waals surface area contributed by atoms with Crippen molar-refractivity contribution in [2.75, 3.05) is 20.1 Å². The Hall–Kier alpha value is -1.81. The predicted molar refractivity (Wildman–Crippen MR) is 99.6 cm³/mol. The standard InChI is InChI=1S/C21H27N3O/c1-22-15-9-10-18(22)21-16-7-3-4-8-17(16)24(19(21)13-15)14-20(25)23-11-5-2-6-12-23/h3-4,7-8,15,18H,2,5-6,9-14H2,1H3/t15-,18+/m1/s1. The summed E-state index contributed by atoms with van der Waals surface area (Å²) in [6, 6.07) is 9.88. The van der Waals surface area contributed by atoms with E-state index < -0.39 is 0 Å². The van der Waals surface area contributed by atoms with Gasteiger partial charge in [0, 0.05) is 48.2 Å². The first-order chi connectivity index (χ1) is 12.2. The molecule has 0 aliphatic carbocycles. The van der Waals surface area contributed by atoms with Gasteiger partial charge in [-0.05, 0) is 50.8 Å². The molecule has 4 heteroatoms. The molecule has 1 aromatic heterocycles. The number of carbonyl (C=O) groups excluding carboxylic acids is 1. The fourth-order valence-corrected chi connectivity index (χ4v) is 5.36. The van der Waals surface area contributed by atoms with Crippen LogP contribution in [0, 0.1) is 0 Å². The van der Waals surface area contributed by atoms with Crippen LogP contribution in [-0.4, -0.2) is 46.5 Å². The van der Waals surface area contributed by atoms with Crippen LogP contribution in [0.2, 0.25) is 0 Å². The topological polar surface area (TPSA) is 28.5 Å². The third-order valence-corrected chi connectivity index (χ3v) is 6.73. The third-order valence-electron chi connectivity index (χ3n) is 6.73. The second-order valence-corrected chi connectivity index (χ2v) is 8.02. The molecule has 5 rings (SSSR count). The number of rotatable bonds is 2. The second kappa shape index (κ2) is 5.87. The zero-order chi connectivity index (χ0) is 17.0. The number of nitrogens with zero attached hydrogens (tertiary/aromatic N) is 3. The van der Waals surface area contributed by atoms with Gasteiger partial charge in [0.2, 0.25) is 5.91 Å². The van der Waals surface area contributed by atoms with Gasteiger partial charge in [-0.25, -0.2) is 0 Å². The molecule has 1 amide bonds. The van der Waals surface area contributed by atoms with Gasteiger partial charge in [-0.3, -0.25) is 9.69 Å². The SMILES string of the molecule is CN1[C@@H]2CC[C@H]1c1c(n(CC(=O)N3CCCCC3)c3ccccc13)C2. The zero-order valence-corrected chi connectivity index (χ0v) is 15.1. The first kappa shape index (κ1) is 15.4. The monoisotopic (exact) mass is 337 g/mol. The molecule has 2 aromatic rings. The van der Waals surface area contributed by atoms with Gasteiger partial charge in [0.15, 0.2) is 0 Å². The first-order valence-electron chi connectivity index (χ1n) is 9.84. The Labute approximate surface area is 149 Å². The maximum Gasteiger partial charge on any atom is 0.242 e. The highest BCUT2D eigenvalue weighted by Crippen LogP contribution is 2.46. The van der Waals surface area contributed by atoms with Crippen molar-refractivity contribution in [1.29, 1.82) is 0 Å². The molecule has 132 valence electrons. The summed E-state index contributed by atoms with van der Waals surface area (Å²) in [4.78, 5) is 17.6. The lowest BCUT2D eigenvalue weighted by atomic mass is 9.97. The third kappa shape index (κ3) is 2.34. The molecule has 4 heterocycles. The van der Waals surface area contributed by atoms with Crippen LogP contribution >= 0.6 is 0 Å². The molecule has 3 aliphatic rings. The Kier molecular flexibility index (Phi) is 3.63. The summed E-state index contributed by atoms with van der Waals surface area (Å²) >= 11 is 0. The summed E-state index contributed by atoms with van der Waals surface area (Å²) in [6.45, 7) is 2.39. The minimum atomic E-state index is 0.300. The number of hydrogen-bond acceptors (Lipinski definition) is 2. The van der Waals surface area contributed by atoms with Crippen molar-refractivity contribution < 1.29 is 4.79 Å². The molecule has 0 unspecified atom stereocenters. The van der Waals surface area contributed by atoms with Crippen LogP contribution in [0.4, 0.5) is 0 Å². The van der Waals surface area contributed by atoms with E-state index in [9.17, 15) is 4.79 Å². The number of hydrogen-bond donors (Lipinski definition) is 0. The van der Waals surface area contributed by atoms with Crippen molar-refractivity contribution in [1.82, 2.24) is 14.4 Å². The highest BCUT2D eigenvalue weighted by molar-refractivity contribution is 5.88. The number of aromatic nitrogens is 1. The summed E-state index contributed by atoms with van der Waals surface area (Å²) < 4.78 is 2.35. The van der Waals surface area contributed by atoms with Gasteiger partial charge < -0.3 is 9.47 Å². The fraction of sp³-hybridized carbons (Fsp3) is 0.571. The molecule has 4 nitrogen and oxygen atoms in total. The van der Waals surface area contributed by atoms with E-state index in [-0.39, 0.29) is 0 Å². The van der Waals surface area contributed by atoms with E-state index in [1.165, 1.54) is 41.4 Å². The van der Waals surface area contributed by atoms with Crippen LogP contribution in [0.25, 0.3) is 10.9 Å². The number of para-hydroxylation sites is 1. The van der Waals surface area contributed by atoms with Gasteiger partial charge in [-0.2, -0.15) is 0 Å². The van der Waals surface area contributed by atoms with Crippen LogP contribution in [0.15, 0.2) is 24.3 Å². The van der Waals surface area contributed by atoms with Gasteiger partial charge in [0.1, 0.15) is 6.54 Å². The Morgan fingerprint density at radius 2 is 1.92 bits per heavy atom. The number of carbonyl (C=O) groups is 1. The van der Waals surface area contributed by atoms with Crippen LogP contribution in [0.3, 0.4) is 0 Å². The molecular formula is C21H27N3O. The normalized spacial score (nSPS) is 26.2. The van der Waals surface area contributed by atoms with E-state index in [0.717, 1.165) is 32.4 Å². The summed E-state index contributed by atoms with van der Waals surface area (Å²) in [7, 11) is 2.27. The molecule has 25 heavy (non-hydrogen) atoms. The molecule has 2 atom stereocenters. The van der Waals surface area contributed by atoms with E-state index in [1.54, 1.807) is 0 Å². The average molecular weight is 337 g/mol. The summed E-state index contributed by atoms with van der Waals surface area (Å²) in [5, 5.41) is 1.36. The van der Waals surface area contributed by atoms with E-state index in [2.05, 4.69) is 45.7 Å². The quantitative estimate of drug-likeness (QED) is 0.841. The number of likely N-dealkylation sites (N-methyl/N-ethyl adjacent to an activating group) is 1. The summed E-state index contributed by atoms with van der Waals surface area (Å²) in [5.74, 6) is 0.300. The lowest BCUT2D eigenvalue weighted by Crippen LogP contribution is -2.39. The van der Waals surface area contributed by atoms with Crippen LogP contribution in [-0.2, 0) is 17.8 Å². The van der Waals surface area contributed by atoms with E-state index in [4.69, 9.17) is 0 Å². The zero-order valence-electron chi connectivity index (χ0n) is 15.1. The van der Waals surface area contributed by atoms with E-state index in [1.807, 2.05) is 0 Å². The minimum Gasteiger partial charge on any atom is -0.341 e. The largest absolute Gasteiger partial charge is 0.341 e. The molecule has 2 saturated heterocycles. The summed E-state index contributed by atoms with van der Waals surface area (Å²) in [6.07, 6.45) is 7.20. The summed E-state index contributed by atoms with van der Waals surface area (Å²) in [5.41, 5.74) is 4.18. The van der Waals surface area contributed by atoms with E-state index >= 15 is 0 Å². The lowest BCUT2D eigenvalue weighted by Gasteiger charge is -2.33. The number of piperidine rings is 1. The maximum atomic E-state index is 12.9. The molecule has 1 aromatic carbocycles. The first-order valence-corrected chi connectivity index (χ1v) is 9.84. The fourth-order valence-electron chi connectivity index (χ4n) is 5.36. The van der Waals surface area contributed by atoms with Crippen molar-refractivity contribution in [3.8, 4) is 0 Å². The Morgan fingerprint density at radius 1 is 1.12 bits per heavy atom. The van der Waals surface area contributed by atoms with Gasteiger partial charge in [0.25, 0.3) is 0 Å². The second-order valence-electron chi connectivity index (χ2n) is 8.02. The number of amides is 1. The van der Waals surface area contributed by atoms with Crippen LogP contribution in [0.1, 0.15) is 49.4 Å². The predicted octanol–water partition coefficient (Wildman–Crippen LogP) is 3.35. The molecule has 0 saturated carbocycles. The van der Waals surface area contributed by atoms with Crippen LogP contribution < -0.4 is 0 Å². The van der Waals surface area contributed by atoms with Crippen molar-refractivity contribution in [3.63, 3.8) is 0 Å². The van der Waals surface area contributed by atoms with Gasteiger partial charge in [-0.15, -0.1) is 0 Å². The average Bonchev–Trinajstić information content (AvgIpc) is 3.07.